The monoisotopic (exact) mass is 378 g/mol. The summed E-state index contributed by atoms with van der Waals surface area (Å²) in [5.41, 5.74) is 4.22. The first kappa shape index (κ1) is 20.0. The van der Waals surface area contributed by atoms with E-state index >= 15 is 0 Å². The van der Waals surface area contributed by atoms with Gasteiger partial charge in [-0.15, -0.1) is 0 Å². The zero-order chi connectivity index (χ0) is 19.8. The van der Waals surface area contributed by atoms with Gasteiger partial charge in [0.25, 0.3) is 0 Å². The molecule has 0 saturated carbocycles. The van der Waals surface area contributed by atoms with Crippen molar-refractivity contribution in [3.63, 3.8) is 0 Å². The molecule has 0 spiro atoms. The molecule has 0 radical (unpaired) electrons. The molecule has 28 heavy (non-hydrogen) atoms. The van der Waals surface area contributed by atoms with Crippen LogP contribution in [0.4, 0.5) is 4.39 Å². The smallest absolute Gasteiger partial charge is 0.159 e. The molecule has 146 valence electrons. The van der Waals surface area contributed by atoms with Gasteiger partial charge in [-0.3, -0.25) is 0 Å². The number of rotatable bonds is 9. The van der Waals surface area contributed by atoms with E-state index < -0.39 is 6.17 Å². The van der Waals surface area contributed by atoms with E-state index in [2.05, 4.69) is 48.1 Å². The van der Waals surface area contributed by atoms with Crippen molar-refractivity contribution in [2.75, 3.05) is 6.61 Å². The number of aromatic nitrogens is 2. The summed E-state index contributed by atoms with van der Waals surface area (Å²) in [6, 6.07) is 15.8. The summed E-state index contributed by atoms with van der Waals surface area (Å²) in [6.07, 6.45) is 6.40. The van der Waals surface area contributed by atoms with Gasteiger partial charge >= 0.3 is 0 Å². The summed E-state index contributed by atoms with van der Waals surface area (Å²) in [5.74, 6) is 1.32. The molecular weight excluding hydrogens is 351 g/mol. The number of alkyl halides is 1. The van der Waals surface area contributed by atoms with Crippen molar-refractivity contribution in [3.05, 3.63) is 66.5 Å². The van der Waals surface area contributed by atoms with Gasteiger partial charge in [0.05, 0.1) is 0 Å². The topological polar surface area (TPSA) is 35.0 Å². The fraction of sp³-hybridized carbons (Fsp3) is 0.333. The van der Waals surface area contributed by atoms with E-state index in [0.29, 0.717) is 18.0 Å². The van der Waals surface area contributed by atoms with Crippen molar-refractivity contribution >= 4 is 0 Å². The van der Waals surface area contributed by atoms with Gasteiger partial charge in [0.1, 0.15) is 18.5 Å². The Labute approximate surface area is 166 Å². The number of halogens is 1. The Bertz CT molecular complexity index is 845. The summed E-state index contributed by atoms with van der Waals surface area (Å²) in [6.45, 7) is 4.28. The molecule has 1 aromatic heterocycles. The first-order valence-corrected chi connectivity index (χ1v) is 9.92. The van der Waals surface area contributed by atoms with Crippen molar-refractivity contribution in [2.45, 2.75) is 45.7 Å². The van der Waals surface area contributed by atoms with E-state index in [-0.39, 0.29) is 6.61 Å². The maximum atomic E-state index is 13.8. The molecule has 0 aliphatic rings. The molecule has 0 aliphatic heterocycles. The molecule has 0 bridgehead atoms. The van der Waals surface area contributed by atoms with Crippen molar-refractivity contribution in [2.24, 2.45) is 0 Å². The van der Waals surface area contributed by atoms with Crippen LogP contribution < -0.4 is 4.74 Å². The number of benzene rings is 2. The molecule has 1 heterocycles. The minimum atomic E-state index is -0.913. The molecule has 0 fully saturated rings. The quantitative estimate of drug-likeness (QED) is 0.403. The second-order valence-electron chi connectivity index (χ2n) is 7.09. The van der Waals surface area contributed by atoms with Crippen LogP contribution in [0.5, 0.6) is 5.75 Å². The number of hydrogen-bond acceptors (Lipinski definition) is 3. The molecule has 3 aromatic rings. The van der Waals surface area contributed by atoms with Crippen LogP contribution >= 0.6 is 0 Å². The number of unbranched alkanes of at least 4 members (excludes halogenated alkanes) is 2. The van der Waals surface area contributed by atoms with Crippen LogP contribution in [0.25, 0.3) is 22.5 Å². The van der Waals surface area contributed by atoms with Crippen LogP contribution in [0.3, 0.4) is 0 Å². The van der Waals surface area contributed by atoms with E-state index in [1.165, 1.54) is 5.56 Å². The summed E-state index contributed by atoms with van der Waals surface area (Å²) >= 11 is 0. The lowest BCUT2D eigenvalue weighted by molar-refractivity contribution is 0.184. The SMILES string of the molecule is CCCCC[C@H](F)COc1ccc(-c2ncc(-c3ccc(C)cc3)cn2)cc1. The van der Waals surface area contributed by atoms with Crippen molar-refractivity contribution in [3.8, 4) is 28.3 Å². The Morgan fingerprint density at radius 3 is 2.14 bits per heavy atom. The lowest BCUT2D eigenvalue weighted by Gasteiger charge is -2.10. The zero-order valence-corrected chi connectivity index (χ0v) is 16.6. The predicted octanol–water partition coefficient (Wildman–Crippen LogP) is 6.42. The highest BCUT2D eigenvalue weighted by Crippen LogP contribution is 2.23. The molecule has 0 N–H and O–H groups in total. The molecule has 1 atom stereocenters. The van der Waals surface area contributed by atoms with Gasteiger partial charge in [-0.25, -0.2) is 14.4 Å². The first-order valence-electron chi connectivity index (χ1n) is 9.92. The van der Waals surface area contributed by atoms with Crippen LogP contribution in [0.1, 0.15) is 38.2 Å². The third kappa shape index (κ3) is 5.62. The van der Waals surface area contributed by atoms with Crippen molar-refractivity contribution in [1.29, 1.82) is 0 Å². The van der Waals surface area contributed by atoms with E-state index in [1.807, 2.05) is 36.7 Å². The maximum absolute atomic E-state index is 13.8. The standard InChI is InChI=1S/C24H27FN2O/c1-3-4-5-6-22(25)17-28-23-13-11-20(12-14-23)24-26-15-21(16-27-24)19-9-7-18(2)8-10-19/h7-16,22H,3-6,17H2,1-2H3/t22-/m0/s1. The van der Waals surface area contributed by atoms with Crippen LogP contribution in [-0.2, 0) is 0 Å². The average molecular weight is 378 g/mol. The molecular formula is C24H27FN2O. The summed E-state index contributed by atoms with van der Waals surface area (Å²) in [7, 11) is 0. The zero-order valence-electron chi connectivity index (χ0n) is 16.6. The lowest BCUT2D eigenvalue weighted by atomic mass is 10.1. The number of ether oxygens (including phenoxy) is 1. The molecule has 4 heteroatoms. The third-order valence-corrected chi connectivity index (χ3v) is 4.70. The van der Waals surface area contributed by atoms with Gasteiger partial charge in [-0.1, -0.05) is 56.0 Å². The average Bonchev–Trinajstić information content (AvgIpc) is 2.74. The lowest BCUT2D eigenvalue weighted by Crippen LogP contribution is -2.12. The highest BCUT2D eigenvalue weighted by molar-refractivity contribution is 5.64. The van der Waals surface area contributed by atoms with E-state index in [9.17, 15) is 4.39 Å². The van der Waals surface area contributed by atoms with Gasteiger partial charge in [0.2, 0.25) is 0 Å². The molecule has 0 saturated heterocycles. The Morgan fingerprint density at radius 2 is 1.50 bits per heavy atom. The number of hydrogen-bond donors (Lipinski definition) is 0. The fourth-order valence-corrected chi connectivity index (χ4v) is 2.96. The largest absolute Gasteiger partial charge is 0.491 e. The Morgan fingerprint density at radius 1 is 0.857 bits per heavy atom. The Hall–Kier alpha value is -2.75. The van der Waals surface area contributed by atoms with Gasteiger partial charge < -0.3 is 4.74 Å². The van der Waals surface area contributed by atoms with E-state index in [4.69, 9.17) is 4.74 Å². The molecule has 0 unspecified atom stereocenters. The van der Waals surface area contributed by atoms with Gasteiger partial charge in [-0.05, 0) is 43.2 Å². The van der Waals surface area contributed by atoms with E-state index in [1.54, 1.807) is 0 Å². The van der Waals surface area contributed by atoms with Crippen LogP contribution in [0, 0.1) is 6.92 Å². The maximum Gasteiger partial charge on any atom is 0.159 e. The normalized spacial score (nSPS) is 12.0. The highest BCUT2D eigenvalue weighted by Gasteiger charge is 2.08. The summed E-state index contributed by atoms with van der Waals surface area (Å²) in [5, 5.41) is 0. The van der Waals surface area contributed by atoms with Crippen molar-refractivity contribution < 1.29 is 9.13 Å². The highest BCUT2D eigenvalue weighted by atomic mass is 19.1. The van der Waals surface area contributed by atoms with Crippen LogP contribution in [0.2, 0.25) is 0 Å². The van der Waals surface area contributed by atoms with Crippen LogP contribution in [-0.4, -0.2) is 22.7 Å². The Balaban J connectivity index is 1.58. The number of aryl methyl sites for hydroxylation is 1. The van der Waals surface area contributed by atoms with Gasteiger partial charge in [0.15, 0.2) is 5.82 Å². The number of nitrogens with zero attached hydrogens (tertiary/aromatic N) is 2. The molecule has 3 nitrogen and oxygen atoms in total. The fourth-order valence-electron chi connectivity index (χ4n) is 2.96. The Kier molecular flexibility index (Phi) is 7.12. The molecule has 3 rings (SSSR count). The molecule has 0 aliphatic carbocycles. The van der Waals surface area contributed by atoms with E-state index in [0.717, 1.165) is 36.0 Å². The van der Waals surface area contributed by atoms with Crippen molar-refractivity contribution in [1.82, 2.24) is 9.97 Å². The second-order valence-corrected chi connectivity index (χ2v) is 7.09. The predicted molar refractivity (Wildman–Crippen MR) is 112 cm³/mol. The first-order chi connectivity index (χ1) is 13.7. The summed E-state index contributed by atoms with van der Waals surface area (Å²) in [4.78, 5) is 8.96. The van der Waals surface area contributed by atoms with Crippen LogP contribution in [0.15, 0.2) is 60.9 Å². The molecule has 2 aromatic carbocycles. The van der Waals surface area contributed by atoms with Gasteiger partial charge in [0, 0.05) is 23.5 Å². The third-order valence-electron chi connectivity index (χ3n) is 4.70. The minimum Gasteiger partial charge on any atom is -0.491 e. The second kappa shape index (κ2) is 9.98. The summed E-state index contributed by atoms with van der Waals surface area (Å²) < 4.78 is 19.4. The van der Waals surface area contributed by atoms with Gasteiger partial charge in [-0.2, -0.15) is 0 Å². The minimum absolute atomic E-state index is 0.102. The molecule has 0 amide bonds.